The molecule has 2 aromatic carbocycles. The molecule has 0 radical (unpaired) electrons. The molecule has 148 valence electrons. The van der Waals surface area contributed by atoms with Crippen molar-refractivity contribution in [2.75, 3.05) is 16.8 Å². The lowest BCUT2D eigenvalue weighted by atomic mass is 10.1. The second-order valence-corrected chi connectivity index (χ2v) is 6.74. The van der Waals surface area contributed by atoms with E-state index in [1.165, 1.54) is 18.7 Å². The van der Waals surface area contributed by atoms with Crippen LogP contribution in [0.4, 0.5) is 11.4 Å². The number of ketones is 1. The number of nitrogens with one attached hydrogen (secondary N) is 1. The third kappa shape index (κ3) is 5.94. The zero-order valence-corrected chi connectivity index (χ0v) is 16.7. The standard InChI is InChI=1S/C22H26N2O4/c1-15(2)28-21-8-6-5-7-20(21)24(17(4)26)14-13-22(27)23-19-11-9-18(10-12-19)16(3)25/h5-12,15H,13-14H2,1-4H3,(H,23,27). The Bertz CT molecular complexity index is 844. The Morgan fingerprint density at radius 1 is 1.00 bits per heavy atom. The van der Waals surface area contributed by atoms with Gasteiger partial charge in [0, 0.05) is 31.1 Å². The molecule has 2 amide bonds. The summed E-state index contributed by atoms with van der Waals surface area (Å²) in [6.45, 7) is 7.01. The number of Topliss-reactive ketones (excluding diaryl/α,β-unsaturated/α-hetero) is 1. The van der Waals surface area contributed by atoms with Gasteiger partial charge in [0.05, 0.1) is 11.8 Å². The summed E-state index contributed by atoms with van der Waals surface area (Å²) >= 11 is 0. The molecule has 2 aromatic rings. The van der Waals surface area contributed by atoms with Gasteiger partial charge in [-0.05, 0) is 57.2 Å². The van der Waals surface area contributed by atoms with Crippen LogP contribution in [0.25, 0.3) is 0 Å². The number of hydrogen-bond acceptors (Lipinski definition) is 4. The van der Waals surface area contributed by atoms with Gasteiger partial charge in [-0.2, -0.15) is 0 Å². The van der Waals surface area contributed by atoms with Crippen LogP contribution in [-0.4, -0.2) is 30.2 Å². The van der Waals surface area contributed by atoms with Crippen LogP contribution in [0.2, 0.25) is 0 Å². The van der Waals surface area contributed by atoms with E-state index in [9.17, 15) is 14.4 Å². The maximum Gasteiger partial charge on any atom is 0.226 e. The largest absolute Gasteiger partial charge is 0.489 e. The lowest BCUT2D eigenvalue weighted by molar-refractivity contribution is -0.117. The Labute approximate surface area is 165 Å². The zero-order valence-electron chi connectivity index (χ0n) is 16.7. The van der Waals surface area contributed by atoms with Crippen molar-refractivity contribution in [2.24, 2.45) is 0 Å². The maximum absolute atomic E-state index is 12.3. The van der Waals surface area contributed by atoms with Crippen molar-refractivity contribution in [1.29, 1.82) is 0 Å². The summed E-state index contributed by atoms with van der Waals surface area (Å²) in [5.74, 6) is 0.188. The van der Waals surface area contributed by atoms with Gasteiger partial charge in [-0.15, -0.1) is 0 Å². The first kappa shape index (κ1) is 21.2. The molecule has 0 spiro atoms. The zero-order chi connectivity index (χ0) is 20.7. The normalized spacial score (nSPS) is 10.5. The molecule has 0 bridgehead atoms. The van der Waals surface area contributed by atoms with E-state index < -0.39 is 0 Å². The Kier molecular flexibility index (Phi) is 7.32. The van der Waals surface area contributed by atoms with Gasteiger partial charge in [-0.3, -0.25) is 14.4 Å². The maximum atomic E-state index is 12.3. The van der Waals surface area contributed by atoms with Gasteiger partial charge in [0.15, 0.2) is 5.78 Å². The van der Waals surface area contributed by atoms with Crippen LogP contribution in [0.15, 0.2) is 48.5 Å². The van der Waals surface area contributed by atoms with Crippen LogP contribution < -0.4 is 15.0 Å². The van der Waals surface area contributed by atoms with Crippen LogP contribution >= 0.6 is 0 Å². The quantitative estimate of drug-likeness (QED) is 0.699. The van der Waals surface area contributed by atoms with Crippen molar-refractivity contribution < 1.29 is 19.1 Å². The number of nitrogens with zero attached hydrogens (tertiary/aromatic N) is 1. The Balaban J connectivity index is 2.04. The topological polar surface area (TPSA) is 75.7 Å². The van der Waals surface area contributed by atoms with Crippen molar-refractivity contribution >= 4 is 29.0 Å². The van der Waals surface area contributed by atoms with Gasteiger partial charge in [-0.1, -0.05) is 12.1 Å². The fourth-order valence-electron chi connectivity index (χ4n) is 2.71. The number of carbonyl (C=O) groups is 3. The number of amides is 2. The lowest BCUT2D eigenvalue weighted by Gasteiger charge is -2.24. The summed E-state index contributed by atoms with van der Waals surface area (Å²) in [5.41, 5.74) is 1.83. The number of anilines is 2. The predicted molar refractivity (Wildman–Crippen MR) is 110 cm³/mol. The molecule has 0 heterocycles. The molecule has 1 N–H and O–H groups in total. The minimum absolute atomic E-state index is 0.0303. The van der Waals surface area contributed by atoms with E-state index in [0.29, 0.717) is 22.7 Å². The molecule has 0 saturated carbocycles. The van der Waals surface area contributed by atoms with Crippen LogP contribution in [0.1, 0.15) is 44.5 Å². The molecule has 0 aromatic heterocycles. The number of rotatable bonds is 8. The lowest BCUT2D eigenvalue weighted by Crippen LogP contribution is -2.32. The molecule has 2 rings (SSSR count). The van der Waals surface area contributed by atoms with E-state index in [4.69, 9.17) is 4.74 Å². The highest BCUT2D eigenvalue weighted by atomic mass is 16.5. The van der Waals surface area contributed by atoms with Crippen LogP contribution in [0.5, 0.6) is 5.75 Å². The Morgan fingerprint density at radius 3 is 2.21 bits per heavy atom. The van der Waals surface area contributed by atoms with Crippen molar-refractivity contribution in [3.8, 4) is 5.75 Å². The summed E-state index contributed by atoms with van der Waals surface area (Å²) in [6, 6.07) is 14.0. The summed E-state index contributed by atoms with van der Waals surface area (Å²) in [7, 11) is 0. The van der Waals surface area contributed by atoms with Crippen molar-refractivity contribution in [1.82, 2.24) is 0 Å². The third-order valence-corrected chi connectivity index (χ3v) is 4.04. The van der Waals surface area contributed by atoms with Crippen LogP contribution in [0, 0.1) is 0 Å². The first-order valence-corrected chi connectivity index (χ1v) is 9.22. The highest BCUT2D eigenvalue weighted by Crippen LogP contribution is 2.29. The molecule has 0 fully saturated rings. The second-order valence-electron chi connectivity index (χ2n) is 6.74. The molecule has 0 aliphatic rings. The SMILES string of the molecule is CC(=O)c1ccc(NC(=O)CCN(C(C)=O)c2ccccc2OC(C)C)cc1. The molecule has 6 heteroatoms. The molecular formula is C22H26N2O4. The van der Waals surface area contributed by atoms with Crippen molar-refractivity contribution in [2.45, 2.75) is 40.2 Å². The van der Waals surface area contributed by atoms with Gasteiger partial charge >= 0.3 is 0 Å². The van der Waals surface area contributed by atoms with Gasteiger partial charge in [-0.25, -0.2) is 0 Å². The van der Waals surface area contributed by atoms with Gasteiger partial charge in [0.25, 0.3) is 0 Å². The number of ether oxygens (including phenoxy) is 1. The molecule has 0 saturated heterocycles. The molecule has 0 unspecified atom stereocenters. The number of benzene rings is 2. The summed E-state index contributed by atoms with van der Waals surface area (Å²) in [4.78, 5) is 37.3. The molecular weight excluding hydrogens is 356 g/mol. The summed E-state index contributed by atoms with van der Waals surface area (Å²) < 4.78 is 5.79. The average molecular weight is 382 g/mol. The van der Waals surface area contributed by atoms with E-state index >= 15 is 0 Å². The van der Waals surface area contributed by atoms with E-state index in [1.807, 2.05) is 32.0 Å². The second kappa shape index (κ2) is 9.69. The highest BCUT2D eigenvalue weighted by Gasteiger charge is 2.18. The van der Waals surface area contributed by atoms with E-state index in [0.717, 1.165) is 0 Å². The van der Waals surface area contributed by atoms with Crippen LogP contribution in [-0.2, 0) is 9.59 Å². The van der Waals surface area contributed by atoms with Gasteiger partial charge in [0.2, 0.25) is 11.8 Å². The average Bonchev–Trinajstić information content (AvgIpc) is 2.63. The third-order valence-electron chi connectivity index (χ3n) is 4.04. The highest BCUT2D eigenvalue weighted by molar-refractivity contribution is 5.97. The Hall–Kier alpha value is -3.15. The number of hydrogen-bond donors (Lipinski definition) is 1. The monoisotopic (exact) mass is 382 g/mol. The predicted octanol–water partition coefficient (Wildman–Crippen LogP) is 4.06. The molecule has 0 aliphatic heterocycles. The minimum atomic E-state index is -0.218. The van der Waals surface area contributed by atoms with E-state index in [1.54, 1.807) is 30.3 Å². The first-order chi connectivity index (χ1) is 13.3. The van der Waals surface area contributed by atoms with Gasteiger partial charge in [0.1, 0.15) is 5.75 Å². The fraction of sp³-hybridized carbons (Fsp3) is 0.318. The summed E-state index contributed by atoms with van der Waals surface area (Å²) in [6.07, 6.45) is 0.0978. The fourth-order valence-corrected chi connectivity index (χ4v) is 2.71. The number of carbonyl (C=O) groups excluding carboxylic acids is 3. The molecule has 0 atom stereocenters. The van der Waals surface area contributed by atoms with E-state index in [-0.39, 0.29) is 36.7 Å². The van der Waals surface area contributed by atoms with E-state index in [2.05, 4.69) is 5.32 Å². The first-order valence-electron chi connectivity index (χ1n) is 9.22. The summed E-state index contributed by atoms with van der Waals surface area (Å²) in [5, 5.41) is 2.78. The van der Waals surface area contributed by atoms with Crippen molar-refractivity contribution in [3.63, 3.8) is 0 Å². The molecule has 28 heavy (non-hydrogen) atoms. The van der Waals surface area contributed by atoms with Gasteiger partial charge < -0.3 is 15.0 Å². The smallest absolute Gasteiger partial charge is 0.226 e. The Morgan fingerprint density at radius 2 is 1.64 bits per heavy atom. The minimum Gasteiger partial charge on any atom is -0.489 e. The molecule has 6 nitrogen and oxygen atoms in total. The molecule has 0 aliphatic carbocycles. The van der Waals surface area contributed by atoms with Crippen LogP contribution in [0.3, 0.4) is 0 Å². The number of para-hydroxylation sites is 2. The van der Waals surface area contributed by atoms with Crippen molar-refractivity contribution in [3.05, 3.63) is 54.1 Å².